The molecule has 0 aromatic rings. The molecule has 0 N–H and O–H groups in total. The Balaban J connectivity index is 3.11. The maximum Gasteiger partial charge on any atom is 0.145 e. The topological polar surface area (TPSA) is 9.23 Å². The lowest BCUT2D eigenvalue weighted by Gasteiger charge is -2.16. The van der Waals surface area contributed by atoms with Crippen molar-refractivity contribution >= 4 is 10.5 Å². The molecule has 0 bridgehead atoms. The summed E-state index contributed by atoms with van der Waals surface area (Å²) in [7, 11) is 0.882. The molecule has 0 heterocycles. The average molecular weight is 132 g/mol. The van der Waals surface area contributed by atoms with Gasteiger partial charge in [0.1, 0.15) is 10.5 Å². The largest absolute Gasteiger partial charge is 0.428 e. The maximum atomic E-state index is 5.06. The van der Waals surface area contributed by atoms with E-state index < -0.39 is 0 Å². The molecule has 8 heavy (non-hydrogen) atoms. The third-order valence-electron chi connectivity index (χ3n) is 1.06. The van der Waals surface area contributed by atoms with Crippen LogP contribution in [0.25, 0.3) is 0 Å². The van der Waals surface area contributed by atoms with Crippen LogP contribution >= 0.6 is 0 Å². The highest BCUT2D eigenvalue weighted by atomic mass is 28.2. The SMILES string of the molecule is CC(C)(C)CCO[SiH3]. The van der Waals surface area contributed by atoms with E-state index in [9.17, 15) is 0 Å². The molecule has 0 aromatic carbocycles. The molecule has 0 radical (unpaired) electrons. The van der Waals surface area contributed by atoms with Crippen LogP contribution in [0.4, 0.5) is 0 Å². The summed E-state index contributed by atoms with van der Waals surface area (Å²) in [4.78, 5) is 0. The second-order valence-corrected chi connectivity index (χ2v) is 3.88. The highest BCUT2D eigenvalue weighted by Crippen LogP contribution is 2.17. The van der Waals surface area contributed by atoms with Crippen molar-refractivity contribution in [2.75, 3.05) is 6.61 Å². The first kappa shape index (κ1) is 8.18. The molecule has 0 unspecified atom stereocenters. The maximum absolute atomic E-state index is 5.06. The molecule has 50 valence electrons. The van der Waals surface area contributed by atoms with E-state index in [4.69, 9.17) is 4.43 Å². The Kier molecular flexibility index (Phi) is 3.32. The Bertz CT molecular complexity index is 56.0. The molecule has 0 saturated carbocycles. The zero-order chi connectivity index (χ0) is 6.62. The van der Waals surface area contributed by atoms with E-state index >= 15 is 0 Å². The second kappa shape index (κ2) is 3.25. The van der Waals surface area contributed by atoms with E-state index in [1.54, 1.807) is 0 Å². The summed E-state index contributed by atoms with van der Waals surface area (Å²) < 4.78 is 5.06. The van der Waals surface area contributed by atoms with Gasteiger partial charge in [-0.05, 0) is 11.8 Å². The first-order chi connectivity index (χ1) is 3.56. The van der Waals surface area contributed by atoms with Gasteiger partial charge in [0, 0.05) is 6.61 Å². The minimum Gasteiger partial charge on any atom is -0.428 e. The lowest BCUT2D eigenvalue weighted by Crippen LogP contribution is -2.08. The van der Waals surface area contributed by atoms with Crippen molar-refractivity contribution in [2.45, 2.75) is 27.2 Å². The predicted octanol–water partition coefficient (Wildman–Crippen LogP) is 0.720. The van der Waals surface area contributed by atoms with Crippen LogP contribution in [0, 0.1) is 5.41 Å². The van der Waals surface area contributed by atoms with Crippen LogP contribution in [0.2, 0.25) is 0 Å². The van der Waals surface area contributed by atoms with Crippen LogP contribution < -0.4 is 0 Å². The van der Waals surface area contributed by atoms with Gasteiger partial charge < -0.3 is 4.43 Å². The van der Waals surface area contributed by atoms with Crippen molar-refractivity contribution in [3.63, 3.8) is 0 Å². The molecule has 0 atom stereocenters. The smallest absolute Gasteiger partial charge is 0.145 e. The minimum absolute atomic E-state index is 0.449. The number of hydrogen-bond acceptors (Lipinski definition) is 1. The summed E-state index contributed by atoms with van der Waals surface area (Å²) in [6, 6.07) is 0. The van der Waals surface area contributed by atoms with E-state index in [1.807, 2.05) is 0 Å². The van der Waals surface area contributed by atoms with Crippen molar-refractivity contribution in [3.05, 3.63) is 0 Å². The first-order valence-corrected chi connectivity index (χ1v) is 3.87. The van der Waals surface area contributed by atoms with Crippen LogP contribution in [-0.2, 0) is 4.43 Å². The molecule has 0 fully saturated rings. The van der Waals surface area contributed by atoms with Gasteiger partial charge in [0.2, 0.25) is 0 Å². The van der Waals surface area contributed by atoms with Crippen molar-refractivity contribution < 1.29 is 4.43 Å². The van der Waals surface area contributed by atoms with Crippen molar-refractivity contribution in [1.29, 1.82) is 0 Å². The standard InChI is InChI=1S/C6H16OSi/c1-6(2,3)4-5-7-8/h4-5H2,1-3,8H3. The fraction of sp³-hybridized carbons (Fsp3) is 1.00. The Morgan fingerprint density at radius 1 is 1.38 bits per heavy atom. The van der Waals surface area contributed by atoms with Gasteiger partial charge in [-0.25, -0.2) is 0 Å². The zero-order valence-electron chi connectivity index (χ0n) is 6.32. The summed E-state index contributed by atoms with van der Waals surface area (Å²) in [5.74, 6) is 0. The summed E-state index contributed by atoms with van der Waals surface area (Å²) in [5.41, 5.74) is 0.449. The van der Waals surface area contributed by atoms with E-state index in [2.05, 4.69) is 20.8 Å². The molecule has 0 rings (SSSR count). The normalized spacial score (nSPS) is 12.4. The van der Waals surface area contributed by atoms with E-state index in [1.165, 1.54) is 6.42 Å². The van der Waals surface area contributed by atoms with Crippen molar-refractivity contribution in [1.82, 2.24) is 0 Å². The van der Waals surface area contributed by atoms with Gasteiger partial charge in [-0.3, -0.25) is 0 Å². The van der Waals surface area contributed by atoms with Gasteiger partial charge in [0.15, 0.2) is 0 Å². The van der Waals surface area contributed by atoms with E-state index in [0.29, 0.717) is 5.41 Å². The molecule has 0 aliphatic heterocycles. The molecular formula is C6H16OSi. The van der Waals surface area contributed by atoms with E-state index in [-0.39, 0.29) is 0 Å². The third-order valence-corrected chi connectivity index (χ3v) is 1.46. The lowest BCUT2D eigenvalue weighted by molar-refractivity contribution is 0.258. The molecule has 0 saturated heterocycles. The average Bonchev–Trinajstić information content (AvgIpc) is 1.59. The van der Waals surface area contributed by atoms with Crippen LogP contribution in [-0.4, -0.2) is 17.1 Å². The summed E-state index contributed by atoms with van der Waals surface area (Å²) in [6.45, 7) is 7.63. The molecule has 0 aliphatic rings. The third kappa shape index (κ3) is 6.18. The zero-order valence-corrected chi connectivity index (χ0v) is 8.32. The summed E-state index contributed by atoms with van der Waals surface area (Å²) >= 11 is 0. The molecule has 0 amide bonds. The second-order valence-electron chi connectivity index (χ2n) is 3.30. The van der Waals surface area contributed by atoms with Crippen LogP contribution in [0.3, 0.4) is 0 Å². The van der Waals surface area contributed by atoms with Crippen molar-refractivity contribution in [3.8, 4) is 0 Å². The van der Waals surface area contributed by atoms with Gasteiger partial charge in [-0.2, -0.15) is 0 Å². The van der Waals surface area contributed by atoms with Crippen LogP contribution in [0.15, 0.2) is 0 Å². The quantitative estimate of drug-likeness (QED) is 0.503. The number of rotatable bonds is 2. The Hall–Kier alpha value is 0.177. The Morgan fingerprint density at radius 3 is 2.00 bits per heavy atom. The molecule has 2 heteroatoms. The van der Waals surface area contributed by atoms with Crippen molar-refractivity contribution in [2.24, 2.45) is 5.41 Å². The fourth-order valence-electron chi connectivity index (χ4n) is 0.408. The highest BCUT2D eigenvalue weighted by Gasteiger charge is 2.07. The van der Waals surface area contributed by atoms with Gasteiger partial charge in [0.25, 0.3) is 0 Å². The van der Waals surface area contributed by atoms with Crippen LogP contribution in [0.5, 0.6) is 0 Å². The van der Waals surface area contributed by atoms with Gasteiger partial charge >= 0.3 is 0 Å². The minimum atomic E-state index is 0.449. The fourth-order valence-corrected chi connectivity index (χ4v) is 0.612. The summed E-state index contributed by atoms with van der Waals surface area (Å²) in [5, 5.41) is 0. The van der Waals surface area contributed by atoms with Gasteiger partial charge in [-0.15, -0.1) is 0 Å². The number of hydrogen-bond donors (Lipinski definition) is 0. The molecular weight excluding hydrogens is 116 g/mol. The summed E-state index contributed by atoms with van der Waals surface area (Å²) in [6.07, 6.45) is 1.18. The molecule has 1 nitrogen and oxygen atoms in total. The van der Waals surface area contributed by atoms with Gasteiger partial charge in [0.05, 0.1) is 0 Å². The van der Waals surface area contributed by atoms with E-state index in [0.717, 1.165) is 17.1 Å². The predicted molar refractivity (Wildman–Crippen MR) is 40.0 cm³/mol. The Morgan fingerprint density at radius 2 is 1.88 bits per heavy atom. The lowest BCUT2D eigenvalue weighted by atomic mass is 9.93. The monoisotopic (exact) mass is 132 g/mol. The highest BCUT2D eigenvalue weighted by molar-refractivity contribution is 5.97. The first-order valence-electron chi connectivity index (χ1n) is 3.05. The molecule has 0 spiro atoms. The van der Waals surface area contributed by atoms with Gasteiger partial charge in [-0.1, -0.05) is 20.8 Å². The molecule has 0 aromatic heterocycles. The van der Waals surface area contributed by atoms with Crippen LogP contribution in [0.1, 0.15) is 27.2 Å². The Labute approximate surface area is 55.0 Å². The molecule has 0 aliphatic carbocycles.